The number of likely N-dealkylation sites (N-methyl/N-ethyl adjacent to an activating group) is 1. The SMILES string of the molecule is CCN(CCC(=O)O)CC(=O)NC(=O)NC1CC1. The van der Waals surface area contributed by atoms with E-state index in [4.69, 9.17) is 5.11 Å². The van der Waals surface area contributed by atoms with Crippen LogP contribution in [0.25, 0.3) is 0 Å². The molecule has 1 rings (SSSR count). The van der Waals surface area contributed by atoms with Gasteiger partial charge in [0.1, 0.15) is 0 Å². The van der Waals surface area contributed by atoms with E-state index in [0.29, 0.717) is 13.1 Å². The molecular weight excluding hydrogens is 238 g/mol. The fourth-order valence-electron chi connectivity index (χ4n) is 1.42. The van der Waals surface area contributed by atoms with E-state index >= 15 is 0 Å². The minimum Gasteiger partial charge on any atom is -0.481 e. The fourth-order valence-corrected chi connectivity index (χ4v) is 1.42. The molecule has 0 atom stereocenters. The van der Waals surface area contributed by atoms with E-state index in [1.54, 1.807) is 4.90 Å². The standard InChI is InChI=1S/C11H19N3O4/c1-2-14(6-5-10(16)17)7-9(15)13-11(18)12-8-3-4-8/h8H,2-7H2,1H3,(H,16,17)(H2,12,13,15,18). The highest BCUT2D eigenvalue weighted by Gasteiger charge is 2.24. The lowest BCUT2D eigenvalue weighted by Gasteiger charge is -2.18. The molecule has 0 aromatic heterocycles. The molecule has 0 unspecified atom stereocenters. The zero-order valence-corrected chi connectivity index (χ0v) is 10.4. The maximum absolute atomic E-state index is 11.5. The van der Waals surface area contributed by atoms with Gasteiger partial charge in [0.25, 0.3) is 0 Å². The van der Waals surface area contributed by atoms with E-state index in [1.807, 2.05) is 6.92 Å². The second-order valence-corrected chi connectivity index (χ2v) is 4.31. The first-order chi connectivity index (χ1) is 8.51. The second kappa shape index (κ2) is 6.95. The summed E-state index contributed by atoms with van der Waals surface area (Å²) in [6.45, 7) is 2.72. The molecule has 0 bridgehead atoms. The summed E-state index contributed by atoms with van der Waals surface area (Å²) in [5.74, 6) is -1.32. The lowest BCUT2D eigenvalue weighted by atomic mass is 10.3. The molecule has 1 fully saturated rings. The molecular formula is C11H19N3O4. The van der Waals surface area contributed by atoms with Crippen molar-refractivity contribution in [1.29, 1.82) is 0 Å². The topological polar surface area (TPSA) is 98.7 Å². The Labute approximate surface area is 106 Å². The van der Waals surface area contributed by atoms with Crippen LogP contribution in [0.15, 0.2) is 0 Å². The first-order valence-corrected chi connectivity index (χ1v) is 6.05. The minimum absolute atomic E-state index is 0.0185. The maximum Gasteiger partial charge on any atom is 0.321 e. The summed E-state index contributed by atoms with van der Waals surface area (Å²) in [6, 6.07) is -0.274. The smallest absolute Gasteiger partial charge is 0.321 e. The number of nitrogens with zero attached hydrogens (tertiary/aromatic N) is 1. The van der Waals surface area contributed by atoms with E-state index in [1.165, 1.54) is 0 Å². The monoisotopic (exact) mass is 257 g/mol. The molecule has 18 heavy (non-hydrogen) atoms. The van der Waals surface area contributed by atoms with Gasteiger partial charge in [-0.05, 0) is 19.4 Å². The molecule has 0 aliphatic heterocycles. The summed E-state index contributed by atoms with van der Waals surface area (Å²) >= 11 is 0. The summed E-state index contributed by atoms with van der Waals surface area (Å²) < 4.78 is 0. The Morgan fingerprint density at radius 1 is 1.33 bits per heavy atom. The van der Waals surface area contributed by atoms with Crippen LogP contribution in [0.4, 0.5) is 4.79 Å². The average molecular weight is 257 g/mol. The molecule has 3 N–H and O–H groups in total. The molecule has 102 valence electrons. The summed E-state index contributed by atoms with van der Waals surface area (Å²) in [5.41, 5.74) is 0. The number of nitrogens with one attached hydrogen (secondary N) is 2. The molecule has 3 amide bonds. The van der Waals surface area contributed by atoms with Crippen LogP contribution in [-0.4, -0.2) is 53.6 Å². The van der Waals surface area contributed by atoms with Gasteiger partial charge in [-0.1, -0.05) is 6.92 Å². The van der Waals surface area contributed by atoms with Crippen molar-refractivity contribution in [2.45, 2.75) is 32.2 Å². The van der Waals surface area contributed by atoms with Crippen molar-refractivity contribution in [2.75, 3.05) is 19.6 Å². The Kier molecular flexibility index (Phi) is 5.57. The van der Waals surface area contributed by atoms with Crippen molar-refractivity contribution in [3.05, 3.63) is 0 Å². The molecule has 0 radical (unpaired) electrons. The third kappa shape index (κ3) is 6.19. The Hall–Kier alpha value is -1.63. The van der Waals surface area contributed by atoms with Gasteiger partial charge in [0.05, 0.1) is 13.0 Å². The lowest BCUT2D eigenvalue weighted by Crippen LogP contribution is -2.45. The molecule has 0 aromatic rings. The van der Waals surface area contributed by atoms with Crippen molar-refractivity contribution in [3.8, 4) is 0 Å². The zero-order chi connectivity index (χ0) is 13.5. The normalized spacial score (nSPS) is 14.3. The van der Waals surface area contributed by atoms with Crippen molar-refractivity contribution in [1.82, 2.24) is 15.5 Å². The maximum atomic E-state index is 11.5. The first-order valence-electron chi connectivity index (χ1n) is 6.05. The molecule has 0 heterocycles. The number of carboxylic acids is 1. The predicted molar refractivity (Wildman–Crippen MR) is 64.1 cm³/mol. The summed E-state index contributed by atoms with van der Waals surface area (Å²) in [7, 11) is 0. The van der Waals surface area contributed by atoms with Crippen molar-refractivity contribution < 1.29 is 19.5 Å². The Bertz CT molecular complexity index is 328. The number of carbonyl (C=O) groups is 3. The molecule has 1 aliphatic carbocycles. The Morgan fingerprint density at radius 3 is 2.50 bits per heavy atom. The van der Waals surface area contributed by atoms with Gasteiger partial charge in [-0.25, -0.2) is 4.79 Å². The Balaban J connectivity index is 2.22. The number of aliphatic carboxylic acids is 1. The van der Waals surface area contributed by atoms with Crippen LogP contribution in [-0.2, 0) is 9.59 Å². The van der Waals surface area contributed by atoms with Crippen LogP contribution >= 0.6 is 0 Å². The first kappa shape index (κ1) is 14.4. The second-order valence-electron chi connectivity index (χ2n) is 4.31. The highest BCUT2D eigenvalue weighted by atomic mass is 16.4. The average Bonchev–Trinajstić information content (AvgIpc) is 3.07. The third-order valence-electron chi connectivity index (χ3n) is 2.62. The number of carbonyl (C=O) groups excluding carboxylic acids is 2. The van der Waals surface area contributed by atoms with Gasteiger partial charge in [-0.15, -0.1) is 0 Å². The number of carboxylic acid groups (broad SMARTS) is 1. The van der Waals surface area contributed by atoms with Gasteiger partial charge in [0.15, 0.2) is 0 Å². The summed E-state index contributed by atoms with van der Waals surface area (Å²) in [5, 5.41) is 13.4. The Morgan fingerprint density at radius 2 is 2.00 bits per heavy atom. The molecule has 1 saturated carbocycles. The van der Waals surface area contributed by atoms with Gasteiger partial charge in [-0.2, -0.15) is 0 Å². The van der Waals surface area contributed by atoms with E-state index in [2.05, 4.69) is 10.6 Å². The van der Waals surface area contributed by atoms with Crippen molar-refractivity contribution in [3.63, 3.8) is 0 Å². The molecule has 7 heteroatoms. The van der Waals surface area contributed by atoms with Crippen LogP contribution in [0, 0.1) is 0 Å². The third-order valence-corrected chi connectivity index (χ3v) is 2.62. The van der Waals surface area contributed by atoms with E-state index in [-0.39, 0.29) is 19.0 Å². The summed E-state index contributed by atoms with van der Waals surface area (Å²) in [4.78, 5) is 34.9. The zero-order valence-electron chi connectivity index (χ0n) is 10.4. The fraction of sp³-hybridized carbons (Fsp3) is 0.727. The van der Waals surface area contributed by atoms with Crippen molar-refractivity contribution >= 4 is 17.9 Å². The quantitative estimate of drug-likeness (QED) is 0.585. The number of amides is 3. The van der Waals surface area contributed by atoms with Crippen LogP contribution in [0.5, 0.6) is 0 Å². The number of hydrogen-bond acceptors (Lipinski definition) is 4. The largest absolute Gasteiger partial charge is 0.481 e. The van der Waals surface area contributed by atoms with Crippen LogP contribution in [0.3, 0.4) is 0 Å². The van der Waals surface area contributed by atoms with E-state index in [0.717, 1.165) is 12.8 Å². The number of hydrogen-bond donors (Lipinski definition) is 3. The lowest BCUT2D eigenvalue weighted by molar-refractivity contribution is -0.137. The molecule has 1 aliphatic rings. The molecule has 0 saturated heterocycles. The van der Waals surface area contributed by atoms with Crippen LogP contribution < -0.4 is 10.6 Å². The summed E-state index contributed by atoms with van der Waals surface area (Å²) in [6.07, 6.45) is 1.90. The number of urea groups is 1. The van der Waals surface area contributed by atoms with Crippen LogP contribution in [0.1, 0.15) is 26.2 Å². The highest BCUT2D eigenvalue weighted by molar-refractivity contribution is 5.95. The molecule has 7 nitrogen and oxygen atoms in total. The molecule has 0 spiro atoms. The van der Waals surface area contributed by atoms with Crippen molar-refractivity contribution in [2.24, 2.45) is 0 Å². The van der Waals surface area contributed by atoms with Gasteiger partial charge in [-0.3, -0.25) is 19.8 Å². The minimum atomic E-state index is -0.902. The highest BCUT2D eigenvalue weighted by Crippen LogP contribution is 2.18. The van der Waals surface area contributed by atoms with E-state index in [9.17, 15) is 14.4 Å². The predicted octanol–water partition coefficient (Wildman–Crippen LogP) is -0.229. The van der Waals surface area contributed by atoms with Gasteiger partial charge in [0, 0.05) is 12.6 Å². The van der Waals surface area contributed by atoms with Crippen LogP contribution in [0.2, 0.25) is 0 Å². The van der Waals surface area contributed by atoms with Gasteiger partial charge in [0.2, 0.25) is 5.91 Å². The van der Waals surface area contributed by atoms with Gasteiger partial charge < -0.3 is 10.4 Å². The van der Waals surface area contributed by atoms with E-state index < -0.39 is 17.9 Å². The number of imide groups is 1. The molecule has 0 aromatic carbocycles. The van der Waals surface area contributed by atoms with Gasteiger partial charge >= 0.3 is 12.0 Å². The number of rotatable bonds is 7.